The second-order valence-corrected chi connectivity index (χ2v) is 6.03. The van der Waals surface area contributed by atoms with Crippen LogP contribution in [0.2, 0.25) is 0 Å². The summed E-state index contributed by atoms with van der Waals surface area (Å²) in [4.78, 5) is 12.5. The first-order valence-corrected chi connectivity index (χ1v) is 7.73. The molecule has 0 aliphatic rings. The van der Waals surface area contributed by atoms with Crippen LogP contribution < -0.4 is 5.73 Å². The molecule has 0 saturated heterocycles. The zero-order chi connectivity index (χ0) is 13.1. The first-order chi connectivity index (χ1) is 8.63. The summed E-state index contributed by atoms with van der Waals surface area (Å²) >= 11 is 3.20. The van der Waals surface area contributed by atoms with Crippen molar-refractivity contribution in [3.63, 3.8) is 0 Å². The quantitative estimate of drug-likeness (QED) is 0.916. The van der Waals surface area contributed by atoms with Crippen molar-refractivity contribution in [1.82, 2.24) is 14.9 Å². The molecule has 0 aromatic carbocycles. The molecule has 0 fully saturated rings. The van der Waals surface area contributed by atoms with Crippen molar-refractivity contribution in [3.05, 3.63) is 16.1 Å². The van der Waals surface area contributed by atoms with Crippen LogP contribution >= 0.6 is 22.7 Å². The molecule has 0 radical (unpaired) electrons. The standard InChI is InChI=1S/C12H18N4S2/c1-4-16(5-2)6-10-14-8(3)11(18-10)9-7-17-12(13)15-9/h7H,4-6H2,1-3H3,(H2,13,15). The molecule has 6 heteroatoms. The van der Waals surface area contributed by atoms with Crippen LogP contribution in [0.5, 0.6) is 0 Å². The maximum absolute atomic E-state index is 5.68. The topological polar surface area (TPSA) is 55.0 Å². The summed E-state index contributed by atoms with van der Waals surface area (Å²) in [5.41, 5.74) is 7.69. The monoisotopic (exact) mass is 282 g/mol. The molecule has 0 amide bonds. The molecule has 0 unspecified atom stereocenters. The Morgan fingerprint density at radius 3 is 2.56 bits per heavy atom. The van der Waals surface area contributed by atoms with E-state index in [0.717, 1.165) is 40.9 Å². The van der Waals surface area contributed by atoms with Gasteiger partial charge in [-0.3, -0.25) is 4.90 Å². The zero-order valence-electron chi connectivity index (χ0n) is 10.9. The highest BCUT2D eigenvalue weighted by Crippen LogP contribution is 2.31. The number of nitrogens with zero attached hydrogens (tertiary/aromatic N) is 3. The molecule has 2 aromatic rings. The summed E-state index contributed by atoms with van der Waals surface area (Å²) in [5.74, 6) is 0. The molecule has 0 saturated carbocycles. The molecule has 4 nitrogen and oxygen atoms in total. The van der Waals surface area contributed by atoms with Crippen LogP contribution in [0.15, 0.2) is 5.38 Å². The average molecular weight is 282 g/mol. The minimum absolute atomic E-state index is 0.614. The number of hydrogen-bond donors (Lipinski definition) is 1. The van der Waals surface area contributed by atoms with Gasteiger partial charge in [-0.1, -0.05) is 13.8 Å². The third-order valence-electron chi connectivity index (χ3n) is 2.85. The molecule has 0 spiro atoms. The Kier molecular flexibility index (Phi) is 4.31. The van der Waals surface area contributed by atoms with E-state index in [-0.39, 0.29) is 0 Å². The van der Waals surface area contributed by atoms with Crippen molar-refractivity contribution in [2.45, 2.75) is 27.3 Å². The second kappa shape index (κ2) is 5.77. The summed E-state index contributed by atoms with van der Waals surface area (Å²) in [6, 6.07) is 0. The minimum atomic E-state index is 0.614. The molecule has 0 atom stereocenters. The van der Waals surface area contributed by atoms with Gasteiger partial charge in [0, 0.05) is 5.38 Å². The molecule has 0 aliphatic heterocycles. The van der Waals surface area contributed by atoms with Crippen molar-refractivity contribution < 1.29 is 0 Å². The fraction of sp³-hybridized carbons (Fsp3) is 0.500. The Hall–Kier alpha value is -0.980. The van der Waals surface area contributed by atoms with Gasteiger partial charge in [0.2, 0.25) is 0 Å². The Morgan fingerprint density at radius 2 is 2.00 bits per heavy atom. The van der Waals surface area contributed by atoms with Gasteiger partial charge >= 0.3 is 0 Å². The number of thiazole rings is 2. The highest BCUT2D eigenvalue weighted by atomic mass is 32.1. The highest BCUT2D eigenvalue weighted by Gasteiger charge is 2.13. The van der Waals surface area contributed by atoms with E-state index in [2.05, 4.69) is 28.7 Å². The van der Waals surface area contributed by atoms with Gasteiger partial charge in [0.05, 0.1) is 22.8 Å². The van der Waals surface area contributed by atoms with Gasteiger partial charge in [0.1, 0.15) is 5.01 Å². The number of rotatable bonds is 5. The van der Waals surface area contributed by atoms with E-state index in [1.807, 2.05) is 12.3 Å². The maximum Gasteiger partial charge on any atom is 0.180 e. The SMILES string of the molecule is CCN(CC)Cc1nc(C)c(-c2csc(N)n2)s1. The molecule has 2 aromatic heterocycles. The number of hydrogen-bond acceptors (Lipinski definition) is 6. The van der Waals surface area contributed by atoms with Crippen LogP contribution in [-0.2, 0) is 6.54 Å². The number of nitrogen functional groups attached to an aromatic ring is 1. The third kappa shape index (κ3) is 2.88. The summed E-state index contributed by atoms with van der Waals surface area (Å²) in [5, 5.41) is 3.76. The Bertz CT molecular complexity index is 514. The zero-order valence-corrected chi connectivity index (χ0v) is 12.6. The van der Waals surface area contributed by atoms with E-state index in [1.165, 1.54) is 11.3 Å². The first kappa shape index (κ1) is 13.5. The van der Waals surface area contributed by atoms with Crippen LogP contribution in [-0.4, -0.2) is 28.0 Å². The van der Waals surface area contributed by atoms with Crippen LogP contribution in [0.25, 0.3) is 10.6 Å². The minimum Gasteiger partial charge on any atom is -0.375 e. The predicted molar refractivity (Wildman–Crippen MR) is 79.0 cm³/mol. The van der Waals surface area contributed by atoms with E-state index in [1.54, 1.807) is 11.3 Å². The fourth-order valence-electron chi connectivity index (χ4n) is 1.79. The highest BCUT2D eigenvalue weighted by molar-refractivity contribution is 7.16. The van der Waals surface area contributed by atoms with Crippen LogP contribution in [0.3, 0.4) is 0 Å². The van der Waals surface area contributed by atoms with Gasteiger partial charge in [-0.15, -0.1) is 22.7 Å². The normalized spacial score (nSPS) is 11.3. The van der Waals surface area contributed by atoms with Crippen LogP contribution in [0.1, 0.15) is 24.5 Å². The van der Waals surface area contributed by atoms with Crippen molar-refractivity contribution in [1.29, 1.82) is 0 Å². The van der Waals surface area contributed by atoms with Gasteiger partial charge in [-0.25, -0.2) is 9.97 Å². The average Bonchev–Trinajstić information content (AvgIpc) is 2.92. The van der Waals surface area contributed by atoms with Gasteiger partial charge in [-0.2, -0.15) is 0 Å². The summed E-state index contributed by atoms with van der Waals surface area (Å²) in [6.07, 6.45) is 0. The molecule has 0 bridgehead atoms. The van der Waals surface area contributed by atoms with Crippen molar-refractivity contribution >= 4 is 27.8 Å². The van der Waals surface area contributed by atoms with Gasteiger partial charge in [0.15, 0.2) is 5.13 Å². The fourth-order valence-corrected chi connectivity index (χ4v) is 3.48. The molecule has 2 rings (SSSR count). The summed E-state index contributed by atoms with van der Waals surface area (Å²) < 4.78 is 0. The molecular formula is C12H18N4S2. The number of aromatic nitrogens is 2. The lowest BCUT2D eigenvalue weighted by molar-refractivity contribution is 0.295. The number of anilines is 1. The molecule has 98 valence electrons. The lowest BCUT2D eigenvalue weighted by Gasteiger charge is -2.15. The maximum atomic E-state index is 5.68. The molecular weight excluding hydrogens is 264 g/mol. The predicted octanol–water partition coefficient (Wildman–Crippen LogP) is 3.00. The summed E-state index contributed by atoms with van der Waals surface area (Å²) in [6.45, 7) is 9.39. The van der Waals surface area contributed by atoms with E-state index in [4.69, 9.17) is 5.73 Å². The van der Waals surface area contributed by atoms with Gasteiger partial charge in [-0.05, 0) is 20.0 Å². The Labute approximate surface area is 115 Å². The Balaban J connectivity index is 2.21. The van der Waals surface area contributed by atoms with Gasteiger partial charge in [0.25, 0.3) is 0 Å². The van der Waals surface area contributed by atoms with Crippen LogP contribution in [0, 0.1) is 6.92 Å². The van der Waals surface area contributed by atoms with Crippen molar-refractivity contribution in [3.8, 4) is 10.6 Å². The second-order valence-electron chi connectivity index (χ2n) is 4.05. The smallest absolute Gasteiger partial charge is 0.180 e. The van der Waals surface area contributed by atoms with Crippen molar-refractivity contribution in [2.75, 3.05) is 18.8 Å². The van der Waals surface area contributed by atoms with E-state index >= 15 is 0 Å². The number of aryl methyl sites for hydroxylation is 1. The lowest BCUT2D eigenvalue weighted by atomic mass is 10.3. The third-order valence-corrected chi connectivity index (χ3v) is 4.69. The Morgan fingerprint density at radius 1 is 1.28 bits per heavy atom. The molecule has 18 heavy (non-hydrogen) atoms. The number of nitrogens with two attached hydrogens (primary N) is 1. The first-order valence-electron chi connectivity index (χ1n) is 6.04. The van der Waals surface area contributed by atoms with Crippen molar-refractivity contribution in [2.24, 2.45) is 0 Å². The van der Waals surface area contributed by atoms with Crippen LogP contribution in [0.4, 0.5) is 5.13 Å². The van der Waals surface area contributed by atoms with Gasteiger partial charge < -0.3 is 5.73 Å². The van der Waals surface area contributed by atoms with E-state index in [0.29, 0.717) is 5.13 Å². The lowest BCUT2D eigenvalue weighted by Crippen LogP contribution is -2.21. The van der Waals surface area contributed by atoms with E-state index < -0.39 is 0 Å². The summed E-state index contributed by atoms with van der Waals surface area (Å²) in [7, 11) is 0. The van der Waals surface area contributed by atoms with E-state index in [9.17, 15) is 0 Å². The largest absolute Gasteiger partial charge is 0.375 e. The molecule has 2 heterocycles. The molecule has 0 aliphatic carbocycles. The molecule has 2 N–H and O–H groups in total.